The topological polar surface area (TPSA) is 152 Å². The standard InChI is InChI=1S/C24H26FN5O4S/c1-13(2)10-11-28-23(33)20(14-6-8-15(25)9-7-14)30(16-4-3-5-17(31)12-16)24(34)21-18(26)19(22(27)32)29-35-21/h3-9,12-13,20,31H,10-11,26H2,1-2H3,(H2,27,32)(H,28,33)/t20-/m0/s1. The quantitative estimate of drug-likeness (QED) is 0.355. The molecule has 0 spiro atoms. The third kappa shape index (κ3) is 5.93. The normalized spacial score (nSPS) is 11.8. The van der Waals surface area contributed by atoms with Crippen LogP contribution in [-0.4, -0.2) is 33.7 Å². The third-order valence-corrected chi connectivity index (χ3v) is 6.05. The first kappa shape index (κ1) is 25.6. The zero-order chi connectivity index (χ0) is 25.7. The number of primary amides is 1. The van der Waals surface area contributed by atoms with E-state index in [1.165, 1.54) is 48.5 Å². The molecule has 2 aromatic carbocycles. The lowest BCUT2D eigenvalue weighted by molar-refractivity contribution is -0.122. The van der Waals surface area contributed by atoms with Crippen molar-refractivity contribution < 1.29 is 23.9 Å². The fraction of sp³-hybridized carbons (Fsp3) is 0.250. The van der Waals surface area contributed by atoms with Gasteiger partial charge in [0.15, 0.2) is 5.69 Å². The van der Waals surface area contributed by atoms with Crippen LogP contribution < -0.4 is 21.7 Å². The van der Waals surface area contributed by atoms with Crippen LogP contribution in [0.5, 0.6) is 5.75 Å². The largest absolute Gasteiger partial charge is 0.508 e. The second kappa shape index (κ2) is 11.0. The first-order valence-electron chi connectivity index (χ1n) is 10.8. The maximum atomic E-state index is 13.8. The predicted molar refractivity (Wildman–Crippen MR) is 132 cm³/mol. The number of phenols is 1. The molecule has 0 saturated heterocycles. The van der Waals surface area contributed by atoms with Crippen molar-refractivity contribution in [1.29, 1.82) is 0 Å². The Hall–Kier alpha value is -3.99. The van der Waals surface area contributed by atoms with Gasteiger partial charge in [0.2, 0.25) is 5.91 Å². The molecule has 35 heavy (non-hydrogen) atoms. The molecule has 0 radical (unpaired) electrons. The van der Waals surface area contributed by atoms with Crippen LogP contribution in [0.15, 0.2) is 48.5 Å². The van der Waals surface area contributed by atoms with Gasteiger partial charge in [-0.1, -0.05) is 32.0 Å². The smallest absolute Gasteiger partial charge is 0.273 e. The number of nitrogen functional groups attached to an aromatic ring is 1. The molecular weight excluding hydrogens is 473 g/mol. The molecule has 1 atom stereocenters. The van der Waals surface area contributed by atoms with E-state index in [9.17, 15) is 23.9 Å². The fourth-order valence-electron chi connectivity index (χ4n) is 3.41. The number of aromatic nitrogens is 1. The Morgan fingerprint density at radius 3 is 2.43 bits per heavy atom. The van der Waals surface area contributed by atoms with E-state index >= 15 is 0 Å². The Morgan fingerprint density at radius 1 is 1.17 bits per heavy atom. The summed E-state index contributed by atoms with van der Waals surface area (Å²) in [5.74, 6) is -2.50. The van der Waals surface area contributed by atoms with Crippen LogP contribution in [-0.2, 0) is 4.79 Å². The molecule has 184 valence electrons. The van der Waals surface area contributed by atoms with Gasteiger partial charge in [0.25, 0.3) is 11.8 Å². The van der Waals surface area contributed by atoms with E-state index in [-0.39, 0.29) is 27.7 Å². The van der Waals surface area contributed by atoms with Crippen LogP contribution in [0, 0.1) is 11.7 Å². The summed E-state index contributed by atoms with van der Waals surface area (Å²) in [5, 5.41) is 12.9. The molecule has 9 nitrogen and oxygen atoms in total. The second-order valence-corrected chi connectivity index (χ2v) is 9.03. The lowest BCUT2D eigenvalue weighted by Crippen LogP contribution is -2.44. The first-order chi connectivity index (χ1) is 16.6. The minimum Gasteiger partial charge on any atom is -0.508 e. The zero-order valence-corrected chi connectivity index (χ0v) is 20.0. The summed E-state index contributed by atoms with van der Waals surface area (Å²) >= 11 is 0.667. The molecule has 3 amide bonds. The number of anilines is 2. The summed E-state index contributed by atoms with van der Waals surface area (Å²) in [6.07, 6.45) is 0.700. The van der Waals surface area contributed by atoms with E-state index in [2.05, 4.69) is 9.69 Å². The Balaban J connectivity index is 2.16. The van der Waals surface area contributed by atoms with E-state index in [4.69, 9.17) is 11.5 Å². The number of nitrogens with zero attached hydrogens (tertiary/aromatic N) is 2. The molecule has 0 fully saturated rings. The highest BCUT2D eigenvalue weighted by Crippen LogP contribution is 2.34. The lowest BCUT2D eigenvalue weighted by atomic mass is 10.0. The second-order valence-electron chi connectivity index (χ2n) is 8.26. The SMILES string of the molecule is CC(C)CCNC(=O)[C@H](c1ccc(F)cc1)N(C(=O)c1snc(C(N)=O)c1N)c1cccc(O)c1. The number of aromatic hydroxyl groups is 1. The van der Waals surface area contributed by atoms with Crippen molar-refractivity contribution in [2.24, 2.45) is 11.7 Å². The number of rotatable bonds is 9. The molecule has 0 aliphatic heterocycles. The monoisotopic (exact) mass is 499 g/mol. The highest BCUT2D eigenvalue weighted by Gasteiger charge is 2.36. The molecule has 1 heterocycles. The average molecular weight is 500 g/mol. The summed E-state index contributed by atoms with van der Waals surface area (Å²) < 4.78 is 17.6. The summed E-state index contributed by atoms with van der Waals surface area (Å²) in [6.45, 7) is 4.37. The lowest BCUT2D eigenvalue weighted by Gasteiger charge is -2.31. The number of benzene rings is 2. The van der Waals surface area contributed by atoms with Crippen molar-refractivity contribution >= 4 is 40.6 Å². The maximum absolute atomic E-state index is 13.8. The number of carbonyl (C=O) groups excluding carboxylic acids is 3. The highest BCUT2D eigenvalue weighted by atomic mass is 32.1. The molecule has 6 N–H and O–H groups in total. The van der Waals surface area contributed by atoms with Gasteiger partial charge in [-0.15, -0.1) is 0 Å². The third-order valence-electron chi connectivity index (χ3n) is 5.20. The Bertz CT molecular complexity index is 1230. The van der Waals surface area contributed by atoms with E-state index in [0.717, 1.165) is 4.90 Å². The molecule has 3 aromatic rings. The first-order valence-corrected chi connectivity index (χ1v) is 11.6. The Labute approximate surface area is 205 Å². The number of amides is 3. The van der Waals surface area contributed by atoms with Gasteiger partial charge in [-0.05, 0) is 53.7 Å². The Morgan fingerprint density at radius 2 is 1.86 bits per heavy atom. The van der Waals surface area contributed by atoms with Crippen molar-refractivity contribution in [1.82, 2.24) is 9.69 Å². The predicted octanol–water partition coefficient (Wildman–Crippen LogP) is 3.22. The van der Waals surface area contributed by atoms with Gasteiger partial charge >= 0.3 is 0 Å². The van der Waals surface area contributed by atoms with Crippen LogP contribution in [0.25, 0.3) is 0 Å². The maximum Gasteiger partial charge on any atom is 0.273 e. The van der Waals surface area contributed by atoms with Crippen molar-refractivity contribution in [2.45, 2.75) is 26.3 Å². The molecule has 0 bridgehead atoms. The summed E-state index contributed by atoms with van der Waals surface area (Å²) in [6, 6.07) is 9.66. The van der Waals surface area contributed by atoms with Gasteiger partial charge in [0.1, 0.15) is 22.5 Å². The molecule has 1 aromatic heterocycles. The van der Waals surface area contributed by atoms with Crippen molar-refractivity contribution in [2.75, 3.05) is 17.2 Å². The van der Waals surface area contributed by atoms with Crippen LogP contribution in [0.3, 0.4) is 0 Å². The number of hydrogen-bond donors (Lipinski definition) is 4. The molecule has 0 unspecified atom stereocenters. The number of nitrogens with two attached hydrogens (primary N) is 2. The van der Waals surface area contributed by atoms with Gasteiger partial charge in [-0.3, -0.25) is 19.3 Å². The number of hydrogen-bond acceptors (Lipinski definition) is 7. The summed E-state index contributed by atoms with van der Waals surface area (Å²) in [4.78, 5) is 39.9. The van der Waals surface area contributed by atoms with E-state index < -0.39 is 29.6 Å². The summed E-state index contributed by atoms with van der Waals surface area (Å²) in [5.41, 5.74) is 11.3. The fourth-order valence-corrected chi connectivity index (χ4v) is 4.15. The van der Waals surface area contributed by atoms with Crippen molar-refractivity contribution in [3.63, 3.8) is 0 Å². The van der Waals surface area contributed by atoms with Gasteiger partial charge < -0.3 is 21.9 Å². The van der Waals surface area contributed by atoms with E-state index in [1.54, 1.807) is 0 Å². The number of carbonyl (C=O) groups is 3. The van der Waals surface area contributed by atoms with E-state index in [1.807, 2.05) is 13.8 Å². The molecule has 0 aliphatic carbocycles. The molecule has 0 saturated carbocycles. The number of halogens is 1. The molecule has 11 heteroatoms. The molecular formula is C24H26FN5O4S. The van der Waals surface area contributed by atoms with Gasteiger partial charge in [0, 0.05) is 18.3 Å². The summed E-state index contributed by atoms with van der Waals surface area (Å²) in [7, 11) is 0. The van der Waals surface area contributed by atoms with Crippen LogP contribution >= 0.6 is 11.5 Å². The van der Waals surface area contributed by atoms with Crippen LogP contribution in [0.1, 0.15) is 52.0 Å². The van der Waals surface area contributed by atoms with Crippen molar-refractivity contribution in [3.8, 4) is 5.75 Å². The van der Waals surface area contributed by atoms with Crippen LogP contribution in [0.4, 0.5) is 15.8 Å². The minimum atomic E-state index is -1.25. The minimum absolute atomic E-state index is 0.107. The van der Waals surface area contributed by atoms with Crippen LogP contribution in [0.2, 0.25) is 0 Å². The molecule has 3 rings (SSSR count). The Kier molecular flexibility index (Phi) is 8.02. The highest BCUT2D eigenvalue weighted by molar-refractivity contribution is 7.09. The number of nitrogens with one attached hydrogen (secondary N) is 1. The number of phenolic OH excluding ortho intramolecular Hbond substituents is 1. The van der Waals surface area contributed by atoms with Crippen molar-refractivity contribution in [3.05, 3.63) is 70.5 Å². The van der Waals surface area contributed by atoms with Gasteiger partial charge in [-0.2, -0.15) is 4.37 Å². The van der Waals surface area contributed by atoms with Gasteiger partial charge in [0.05, 0.1) is 5.69 Å². The van der Waals surface area contributed by atoms with E-state index in [0.29, 0.717) is 36.0 Å². The average Bonchev–Trinajstić information content (AvgIpc) is 3.19. The molecule has 0 aliphatic rings. The van der Waals surface area contributed by atoms with Gasteiger partial charge in [-0.25, -0.2) is 4.39 Å². The zero-order valence-electron chi connectivity index (χ0n) is 19.2.